The van der Waals surface area contributed by atoms with Gasteiger partial charge in [0, 0.05) is 6.42 Å². The lowest BCUT2D eigenvalue weighted by Crippen LogP contribution is -2.00. The third-order valence-corrected chi connectivity index (χ3v) is 1.16. The van der Waals surface area contributed by atoms with Crippen molar-refractivity contribution in [2.24, 2.45) is 0 Å². The summed E-state index contributed by atoms with van der Waals surface area (Å²) in [6, 6.07) is 0. The number of hydrogen-bond donors (Lipinski definition) is 2. The number of aryl methyl sites for hydroxylation is 1. The predicted molar refractivity (Wildman–Crippen MR) is 34.7 cm³/mol. The van der Waals surface area contributed by atoms with E-state index in [1.54, 1.807) is 0 Å². The summed E-state index contributed by atoms with van der Waals surface area (Å²) >= 11 is 0. The van der Waals surface area contributed by atoms with Crippen molar-refractivity contribution >= 4 is 11.8 Å². The molecule has 0 aliphatic rings. The van der Waals surface area contributed by atoms with Crippen LogP contribution in [0.1, 0.15) is 12.1 Å². The second-order valence-electron chi connectivity index (χ2n) is 1.99. The molecule has 0 aliphatic heterocycles. The molecule has 0 saturated carbocycles. The molecule has 0 aliphatic carbocycles. The summed E-state index contributed by atoms with van der Waals surface area (Å²) in [5.41, 5.74) is 5.66. The first kappa shape index (κ1) is 7.52. The first-order valence-electron chi connectivity index (χ1n) is 2.99. The molecule has 0 saturated heterocycles. The standard InChI is InChI=1S/C5H7N3O3/c6-5-3(7-11-8-5)1-2-4(9)10/h1-2H2,(H2,6,8)(H,9,10). The Morgan fingerprint density at radius 1 is 1.64 bits per heavy atom. The van der Waals surface area contributed by atoms with Gasteiger partial charge in [-0.25, -0.2) is 4.63 Å². The second-order valence-corrected chi connectivity index (χ2v) is 1.99. The SMILES string of the molecule is Nc1nonc1CCC(=O)O. The van der Waals surface area contributed by atoms with Gasteiger partial charge >= 0.3 is 5.97 Å². The Morgan fingerprint density at radius 2 is 2.36 bits per heavy atom. The zero-order valence-corrected chi connectivity index (χ0v) is 5.65. The number of nitrogens with two attached hydrogens (primary N) is 1. The van der Waals surface area contributed by atoms with Crippen molar-refractivity contribution in [1.29, 1.82) is 0 Å². The van der Waals surface area contributed by atoms with E-state index in [2.05, 4.69) is 14.9 Å². The predicted octanol–water partition coefficient (Wildman–Crippen LogP) is -0.331. The Morgan fingerprint density at radius 3 is 2.82 bits per heavy atom. The zero-order valence-electron chi connectivity index (χ0n) is 5.65. The number of anilines is 1. The topological polar surface area (TPSA) is 102 Å². The lowest BCUT2D eigenvalue weighted by atomic mass is 10.2. The molecule has 6 nitrogen and oxygen atoms in total. The van der Waals surface area contributed by atoms with Gasteiger partial charge in [-0.05, 0) is 5.16 Å². The van der Waals surface area contributed by atoms with Gasteiger partial charge in [0.2, 0.25) is 0 Å². The molecule has 6 heteroatoms. The molecular formula is C5H7N3O3. The Kier molecular flexibility index (Phi) is 2.05. The van der Waals surface area contributed by atoms with Crippen LogP contribution < -0.4 is 5.73 Å². The fourth-order valence-corrected chi connectivity index (χ4v) is 0.612. The molecule has 0 aromatic carbocycles. The summed E-state index contributed by atoms with van der Waals surface area (Å²) in [4.78, 5) is 10.1. The summed E-state index contributed by atoms with van der Waals surface area (Å²) in [7, 11) is 0. The second kappa shape index (κ2) is 3.00. The first-order valence-corrected chi connectivity index (χ1v) is 2.99. The van der Waals surface area contributed by atoms with Gasteiger partial charge in [-0.2, -0.15) is 0 Å². The molecule has 0 radical (unpaired) electrons. The van der Waals surface area contributed by atoms with Gasteiger partial charge in [0.25, 0.3) is 0 Å². The first-order chi connectivity index (χ1) is 5.20. The minimum Gasteiger partial charge on any atom is -0.481 e. The van der Waals surface area contributed by atoms with Gasteiger partial charge in [0.05, 0.1) is 6.42 Å². The third kappa shape index (κ3) is 1.92. The van der Waals surface area contributed by atoms with E-state index in [-0.39, 0.29) is 18.7 Å². The fourth-order valence-electron chi connectivity index (χ4n) is 0.612. The van der Waals surface area contributed by atoms with Crippen molar-refractivity contribution in [2.45, 2.75) is 12.8 Å². The highest BCUT2D eigenvalue weighted by Crippen LogP contribution is 2.06. The minimum absolute atomic E-state index is 0.0155. The highest BCUT2D eigenvalue weighted by molar-refractivity contribution is 5.67. The van der Waals surface area contributed by atoms with Gasteiger partial charge in [-0.3, -0.25) is 4.79 Å². The number of carbonyl (C=O) groups is 1. The van der Waals surface area contributed by atoms with Gasteiger partial charge in [-0.1, -0.05) is 5.16 Å². The number of carboxylic acids is 1. The summed E-state index contributed by atoms with van der Waals surface area (Å²) in [6.45, 7) is 0. The van der Waals surface area contributed by atoms with E-state index in [0.29, 0.717) is 5.69 Å². The minimum atomic E-state index is -0.896. The summed E-state index contributed by atoms with van der Waals surface area (Å²) < 4.78 is 4.26. The maximum Gasteiger partial charge on any atom is 0.303 e. The molecule has 1 aromatic rings. The molecule has 1 heterocycles. The highest BCUT2D eigenvalue weighted by Gasteiger charge is 2.07. The number of nitrogens with zero attached hydrogens (tertiary/aromatic N) is 2. The number of aromatic nitrogens is 2. The summed E-state index contributed by atoms with van der Waals surface area (Å²) in [5.74, 6) is -0.737. The van der Waals surface area contributed by atoms with E-state index in [1.165, 1.54) is 0 Å². The fraction of sp³-hybridized carbons (Fsp3) is 0.400. The van der Waals surface area contributed by atoms with Crippen LogP contribution in [0.3, 0.4) is 0 Å². The van der Waals surface area contributed by atoms with Crippen LogP contribution in [0.2, 0.25) is 0 Å². The van der Waals surface area contributed by atoms with E-state index >= 15 is 0 Å². The van der Waals surface area contributed by atoms with Gasteiger partial charge in [-0.15, -0.1) is 0 Å². The molecule has 0 unspecified atom stereocenters. The molecular weight excluding hydrogens is 150 g/mol. The quantitative estimate of drug-likeness (QED) is 0.622. The van der Waals surface area contributed by atoms with Crippen LogP contribution >= 0.6 is 0 Å². The number of rotatable bonds is 3. The largest absolute Gasteiger partial charge is 0.481 e. The van der Waals surface area contributed by atoms with Crippen molar-refractivity contribution in [1.82, 2.24) is 10.3 Å². The van der Waals surface area contributed by atoms with E-state index < -0.39 is 5.97 Å². The smallest absolute Gasteiger partial charge is 0.303 e. The number of hydrogen-bond acceptors (Lipinski definition) is 5. The molecule has 1 rings (SSSR count). The molecule has 3 N–H and O–H groups in total. The molecule has 60 valence electrons. The molecule has 0 amide bonds. The highest BCUT2D eigenvalue weighted by atomic mass is 16.6. The van der Waals surface area contributed by atoms with E-state index in [0.717, 1.165) is 0 Å². The van der Waals surface area contributed by atoms with Crippen LogP contribution in [-0.4, -0.2) is 21.4 Å². The average molecular weight is 157 g/mol. The van der Waals surface area contributed by atoms with Crippen molar-refractivity contribution in [3.8, 4) is 0 Å². The van der Waals surface area contributed by atoms with Crippen LogP contribution in [-0.2, 0) is 11.2 Å². The maximum atomic E-state index is 10.1. The zero-order chi connectivity index (χ0) is 8.27. The average Bonchev–Trinajstić information content (AvgIpc) is 2.31. The van der Waals surface area contributed by atoms with Crippen molar-refractivity contribution in [2.75, 3.05) is 5.73 Å². The van der Waals surface area contributed by atoms with Crippen LogP contribution in [0.4, 0.5) is 5.82 Å². The van der Waals surface area contributed by atoms with E-state index in [1.807, 2.05) is 0 Å². The molecule has 1 aromatic heterocycles. The number of nitrogen functional groups attached to an aromatic ring is 1. The van der Waals surface area contributed by atoms with Crippen molar-refractivity contribution in [3.05, 3.63) is 5.69 Å². The van der Waals surface area contributed by atoms with Crippen molar-refractivity contribution in [3.63, 3.8) is 0 Å². The van der Waals surface area contributed by atoms with Crippen LogP contribution in [0.5, 0.6) is 0 Å². The van der Waals surface area contributed by atoms with E-state index in [9.17, 15) is 4.79 Å². The molecule has 11 heavy (non-hydrogen) atoms. The molecule has 0 atom stereocenters. The van der Waals surface area contributed by atoms with Crippen LogP contribution in [0.25, 0.3) is 0 Å². The molecule has 0 spiro atoms. The number of aliphatic carboxylic acids is 1. The van der Waals surface area contributed by atoms with Crippen molar-refractivity contribution < 1.29 is 14.5 Å². The lowest BCUT2D eigenvalue weighted by Gasteiger charge is -1.89. The van der Waals surface area contributed by atoms with Gasteiger partial charge in [0.1, 0.15) is 5.69 Å². The normalized spacial score (nSPS) is 9.82. The van der Waals surface area contributed by atoms with Gasteiger partial charge < -0.3 is 10.8 Å². The van der Waals surface area contributed by atoms with Gasteiger partial charge in [0.15, 0.2) is 5.82 Å². The Labute approximate surface area is 62.0 Å². The molecule has 0 fully saturated rings. The Hall–Kier alpha value is -1.59. The number of carboxylic acid groups (broad SMARTS) is 1. The monoisotopic (exact) mass is 157 g/mol. The van der Waals surface area contributed by atoms with Crippen LogP contribution in [0, 0.1) is 0 Å². The molecule has 0 bridgehead atoms. The Balaban J connectivity index is 2.51. The third-order valence-electron chi connectivity index (χ3n) is 1.16. The summed E-state index contributed by atoms with van der Waals surface area (Å²) in [6.07, 6.45) is 0.239. The summed E-state index contributed by atoms with van der Waals surface area (Å²) in [5, 5.41) is 15.0. The van der Waals surface area contributed by atoms with E-state index in [4.69, 9.17) is 10.8 Å². The Bertz CT molecular complexity index is 257. The van der Waals surface area contributed by atoms with Crippen LogP contribution in [0.15, 0.2) is 4.63 Å². The maximum absolute atomic E-state index is 10.1. The lowest BCUT2D eigenvalue weighted by molar-refractivity contribution is -0.136.